The molecule has 2 rings (SSSR count). The van der Waals surface area contributed by atoms with E-state index in [0.717, 1.165) is 37.8 Å². The highest BCUT2D eigenvalue weighted by atomic mass is 15.2. The number of aromatic nitrogens is 2. The lowest BCUT2D eigenvalue weighted by Gasteiger charge is -2.26. The van der Waals surface area contributed by atoms with E-state index in [4.69, 9.17) is 0 Å². The highest BCUT2D eigenvalue weighted by Gasteiger charge is 2.19. The number of anilines is 2. The number of nitrogens with zero attached hydrogens (tertiary/aromatic N) is 3. The standard InChI is InChI=1S/C14H25N5/c1-4-5-6-9-19(3)13-11-10-16-8-7-12(11)17-14(15-2)18-13/h16H,4-10H2,1-3H3,(H,15,17,18). The van der Waals surface area contributed by atoms with Gasteiger partial charge in [-0.2, -0.15) is 4.98 Å². The number of hydrogen-bond donors (Lipinski definition) is 2. The van der Waals surface area contributed by atoms with Gasteiger partial charge in [0.05, 0.1) is 5.69 Å². The third-order valence-corrected chi connectivity index (χ3v) is 3.59. The summed E-state index contributed by atoms with van der Waals surface area (Å²) in [6.45, 7) is 5.18. The van der Waals surface area contributed by atoms with Crippen LogP contribution in [0.25, 0.3) is 0 Å². The first kappa shape index (κ1) is 14.1. The minimum atomic E-state index is 0.734. The Bertz CT molecular complexity index is 419. The third kappa shape index (κ3) is 3.35. The Morgan fingerprint density at radius 1 is 1.32 bits per heavy atom. The van der Waals surface area contributed by atoms with E-state index < -0.39 is 0 Å². The van der Waals surface area contributed by atoms with Crippen molar-refractivity contribution >= 4 is 11.8 Å². The molecule has 106 valence electrons. The van der Waals surface area contributed by atoms with Crippen molar-refractivity contribution in [1.82, 2.24) is 15.3 Å². The lowest BCUT2D eigenvalue weighted by Crippen LogP contribution is -2.30. The average molecular weight is 263 g/mol. The van der Waals surface area contributed by atoms with Gasteiger partial charge < -0.3 is 15.5 Å². The van der Waals surface area contributed by atoms with Crippen molar-refractivity contribution in [3.63, 3.8) is 0 Å². The predicted molar refractivity (Wildman–Crippen MR) is 79.8 cm³/mol. The topological polar surface area (TPSA) is 53.1 Å². The number of fused-ring (bicyclic) bond motifs is 1. The fraction of sp³-hybridized carbons (Fsp3) is 0.714. The quantitative estimate of drug-likeness (QED) is 0.766. The molecule has 1 aromatic rings. The van der Waals surface area contributed by atoms with Gasteiger partial charge >= 0.3 is 0 Å². The molecule has 19 heavy (non-hydrogen) atoms. The van der Waals surface area contributed by atoms with E-state index in [9.17, 15) is 0 Å². The second-order valence-corrected chi connectivity index (χ2v) is 5.10. The summed E-state index contributed by atoms with van der Waals surface area (Å²) in [5.74, 6) is 1.82. The average Bonchev–Trinajstić information content (AvgIpc) is 2.46. The first-order valence-electron chi connectivity index (χ1n) is 7.25. The molecule has 5 nitrogen and oxygen atoms in total. The fourth-order valence-electron chi connectivity index (χ4n) is 2.46. The molecule has 1 aliphatic rings. The summed E-state index contributed by atoms with van der Waals surface area (Å²) in [7, 11) is 4.01. The Hall–Kier alpha value is -1.36. The van der Waals surface area contributed by atoms with Gasteiger partial charge in [-0.25, -0.2) is 4.98 Å². The molecule has 0 fully saturated rings. The molecule has 0 atom stereocenters. The molecule has 0 aliphatic carbocycles. The maximum Gasteiger partial charge on any atom is 0.224 e. The second kappa shape index (κ2) is 6.70. The van der Waals surface area contributed by atoms with Crippen molar-refractivity contribution in [3.8, 4) is 0 Å². The zero-order valence-electron chi connectivity index (χ0n) is 12.3. The molecule has 0 saturated heterocycles. The fourth-order valence-corrected chi connectivity index (χ4v) is 2.46. The number of hydrogen-bond acceptors (Lipinski definition) is 5. The van der Waals surface area contributed by atoms with Gasteiger partial charge in [-0.05, 0) is 6.42 Å². The van der Waals surface area contributed by atoms with E-state index in [2.05, 4.69) is 39.5 Å². The van der Waals surface area contributed by atoms with E-state index in [1.807, 2.05) is 7.05 Å². The zero-order chi connectivity index (χ0) is 13.7. The van der Waals surface area contributed by atoms with Gasteiger partial charge in [0.25, 0.3) is 0 Å². The van der Waals surface area contributed by atoms with Crippen LogP contribution < -0.4 is 15.5 Å². The van der Waals surface area contributed by atoms with Crippen LogP contribution in [-0.2, 0) is 13.0 Å². The largest absolute Gasteiger partial charge is 0.359 e. The summed E-state index contributed by atoms with van der Waals surface area (Å²) in [4.78, 5) is 11.5. The van der Waals surface area contributed by atoms with Gasteiger partial charge in [-0.1, -0.05) is 19.8 Å². The van der Waals surface area contributed by atoms with Crippen LogP contribution in [0.4, 0.5) is 11.8 Å². The third-order valence-electron chi connectivity index (χ3n) is 3.59. The highest BCUT2D eigenvalue weighted by molar-refractivity contribution is 5.53. The molecule has 0 spiro atoms. The van der Waals surface area contributed by atoms with Crippen LogP contribution in [0.15, 0.2) is 0 Å². The molecule has 0 aromatic carbocycles. The molecule has 1 aromatic heterocycles. The van der Waals surface area contributed by atoms with Crippen molar-refractivity contribution in [2.75, 3.05) is 37.4 Å². The predicted octanol–water partition coefficient (Wildman–Crippen LogP) is 1.79. The van der Waals surface area contributed by atoms with E-state index in [1.54, 1.807) is 0 Å². The van der Waals surface area contributed by atoms with E-state index in [0.29, 0.717) is 0 Å². The molecule has 0 saturated carbocycles. The van der Waals surface area contributed by atoms with Gasteiger partial charge in [-0.3, -0.25) is 0 Å². The van der Waals surface area contributed by atoms with Crippen LogP contribution in [0.5, 0.6) is 0 Å². The van der Waals surface area contributed by atoms with E-state index in [1.165, 1.54) is 30.5 Å². The van der Waals surface area contributed by atoms with Crippen LogP contribution in [0.1, 0.15) is 37.4 Å². The van der Waals surface area contributed by atoms with Gasteiger partial charge in [0.1, 0.15) is 5.82 Å². The Morgan fingerprint density at radius 3 is 2.89 bits per heavy atom. The molecule has 1 aliphatic heterocycles. The zero-order valence-corrected chi connectivity index (χ0v) is 12.3. The van der Waals surface area contributed by atoms with Crippen LogP contribution in [0.3, 0.4) is 0 Å². The van der Waals surface area contributed by atoms with Gasteiger partial charge in [0.2, 0.25) is 5.95 Å². The summed E-state index contributed by atoms with van der Waals surface area (Å²) in [6, 6.07) is 0. The Balaban J connectivity index is 2.21. The SMILES string of the molecule is CCCCCN(C)c1nc(NC)nc2c1CNCC2. The number of unbranched alkanes of at least 4 members (excludes halogenated alkanes) is 2. The molecular formula is C14H25N5. The molecule has 0 radical (unpaired) electrons. The van der Waals surface area contributed by atoms with Crippen molar-refractivity contribution in [2.45, 2.75) is 39.2 Å². The summed E-state index contributed by atoms with van der Waals surface area (Å²) in [5.41, 5.74) is 2.46. The first-order valence-corrected chi connectivity index (χ1v) is 7.25. The van der Waals surface area contributed by atoms with Crippen molar-refractivity contribution in [1.29, 1.82) is 0 Å². The molecule has 0 amide bonds. The number of rotatable bonds is 6. The monoisotopic (exact) mass is 263 g/mol. The van der Waals surface area contributed by atoms with Crippen LogP contribution in [0, 0.1) is 0 Å². The summed E-state index contributed by atoms with van der Waals surface area (Å²) in [6.07, 6.45) is 4.73. The lowest BCUT2D eigenvalue weighted by molar-refractivity contribution is 0.621. The van der Waals surface area contributed by atoms with E-state index in [-0.39, 0.29) is 0 Å². The molecule has 5 heteroatoms. The Labute approximate surface area is 115 Å². The Morgan fingerprint density at radius 2 is 2.16 bits per heavy atom. The second-order valence-electron chi connectivity index (χ2n) is 5.10. The molecule has 2 N–H and O–H groups in total. The van der Waals surface area contributed by atoms with Crippen LogP contribution >= 0.6 is 0 Å². The molecule has 0 unspecified atom stereocenters. The minimum Gasteiger partial charge on any atom is -0.359 e. The van der Waals surface area contributed by atoms with Gasteiger partial charge in [0, 0.05) is 45.7 Å². The first-order chi connectivity index (χ1) is 9.26. The minimum absolute atomic E-state index is 0.734. The molecular weight excluding hydrogens is 238 g/mol. The summed E-state index contributed by atoms with van der Waals surface area (Å²) in [5, 5.41) is 6.48. The maximum atomic E-state index is 4.65. The number of nitrogens with one attached hydrogen (secondary N) is 2. The normalized spacial score (nSPS) is 14.1. The smallest absolute Gasteiger partial charge is 0.224 e. The van der Waals surface area contributed by atoms with Crippen LogP contribution in [0.2, 0.25) is 0 Å². The van der Waals surface area contributed by atoms with E-state index >= 15 is 0 Å². The molecule has 0 bridgehead atoms. The molecule has 2 heterocycles. The highest BCUT2D eigenvalue weighted by Crippen LogP contribution is 2.24. The lowest BCUT2D eigenvalue weighted by atomic mass is 10.1. The van der Waals surface area contributed by atoms with Gasteiger partial charge in [0.15, 0.2) is 0 Å². The van der Waals surface area contributed by atoms with Gasteiger partial charge in [-0.15, -0.1) is 0 Å². The van der Waals surface area contributed by atoms with Crippen molar-refractivity contribution in [3.05, 3.63) is 11.3 Å². The van der Waals surface area contributed by atoms with Crippen molar-refractivity contribution < 1.29 is 0 Å². The summed E-state index contributed by atoms with van der Waals surface area (Å²) >= 11 is 0. The van der Waals surface area contributed by atoms with Crippen LogP contribution in [-0.4, -0.2) is 37.2 Å². The summed E-state index contributed by atoms with van der Waals surface area (Å²) < 4.78 is 0. The van der Waals surface area contributed by atoms with Crippen molar-refractivity contribution in [2.24, 2.45) is 0 Å². The Kier molecular flexibility index (Phi) is 4.96. The maximum absolute atomic E-state index is 4.65.